The Labute approximate surface area is 107 Å². The summed E-state index contributed by atoms with van der Waals surface area (Å²) in [7, 11) is 0. The third-order valence-electron chi connectivity index (χ3n) is 1.72. The first kappa shape index (κ1) is 13.3. The molecule has 17 heavy (non-hydrogen) atoms. The molecule has 0 saturated heterocycles. The van der Waals surface area contributed by atoms with Gasteiger partial charge < -0.3 is 0 Å². The van der Waals surface area contributed by atoms with Crippen molar-refractivity contribution >= 4 is 40.8 Å². The molecular formula is C8H8ClN5O2S. The maximum atomic E-state index is 10.7. The zero-order valence-electron chi connectivity index (χ0n) is 8.38. The summed E-state index contributed by atoms with van der Waals surface area (Å²) in [6.07, 6.45) is 1.20. The van der Waals surface area contributed by atoms with Crippen LogP contribution in [0.1, 0.15) is 5.56 Å². The van der Waals surface area contributed by atoms with Gasteiger partial charge in [-0.2, -0.15) is 5.10 Å². The number of hydrazone groups is 1. The molecule has 0 heterocycles. The third kappa shape index (κ3) is 3.63. The van der Waals surface area contributed by atoms with Crippen LogP contribution in [0.2, 0.25) is 5.02 Å². The molecule has 0 fully saturated rings. The summed E-state index contributed by atoms with van der Waals surface area (Å²) in [6, 6.07) is 4.33. The lowest BCUT2D eigenvalue weighted by atomic mass is 10.2. The standard InChI is InChI=1S/C8H8ClN5O2S/c9-6-2-1-3-7(14(15)16)5(6)4-11-13-8(17)12-10/h1-4H,10H2,(H2,12,13,17)/b11-4-. The molecule has 90 valence electrons. The van der Waals surface area contributed by atoms with E-state index in [2.05, 4.69) is 28.2 Å². The van der Waals surface area contributed by atoms with E-state index >= 15 is 0 Å². The first-order chi connectivity index (χ1) is 8.06. The maximum absolute atomic E-state index is 10.7. The van der Waals surface area contributed by atoms with Crippen LogP contribution in [-0.2, 0) is 0 Å². The lowest BCUT2D eigenvalue weighted by Gasteiger charge is -2.01. The Balaban J connectivity index is 2.97. The van der Waals surface area contributed by atoms with Gasteiger partial charge in [0.1, 0.15) is 0 Å². The van der Waals surface area contributed by atoms with E-state index in [9.17, 15) is 10.1 Å². The second kappa shape index (κ2) is 6.09. The fourth-order valence-corrected chi connectivity index (χ4v) is 1.27. The Hall–Kier alpha value is -1.77. The van der Waals surface area contributed by atoms with E-state index in [0.29, 0.717) is 0 Å². The summed E-state index contributed by atoms with van der Waals surface area (Å²) in [6.45, 7) is 0. The molecule has 1 aromatic rings. The molecule has 0 aliphatic carbocycles. The highest BCUT2D eigenvalue weighted by Gasteiger charge is 2.14. The molecule has 1 rings (SSSR count). The van der Waals surface area contributed by atoms with Crippen molar-refractivity contribution in [3.63, 3.8) is 0 Å². The topological polar surface area (TPSA) is 106 Å². The molecule has 0 saturated carbocycles. The van der Waals surface area contributed by atoms with E-state index in [0.717, 1.165) is 0 Å². The summed E-state index contributed by atoms with van der Waals surface area (Å²) in [5.41, 5.74) is 4.54. The molecule has 0 unspecified atom stereocenters. The van der Waals surface area contributed by atoms with Crippen molar-refractivity contribution in [2.45, 2.75) is 0 Å². The first-order valence-corrected chi connectivity index (χ1v) is 5.07. The second-order valence-electron chi connectivity index (χ2n) is 2.77. The minimum absolute atomic E-state index is 0.0796. The van der Waals surface area contributed by atoms with Crippen molar-refractivity contribution in [2.75, 3.05) is 0 Å². The molecule has 7 nitrogen and oxygen atoms in total. The number of nitrogens with two attached hydrogens (primary N) is 1. The number of rotatable bonds is 3. The molecule has 0 aromatic heterocycles. The van der Waals surface area contributed by atoms with Gasteiger partial charge >= 0.3 is 0 Å². The smallest absolute Gasteiger partial charge is 0.279 e. The molecule has 0 aliphatic heterocycles. The molecule has 1 aromatic carbocycles. The predicted molar refractivity (Wildman–Crippen MR) is 68.8 cm³/mol. The highest BCUT2D eigenvalue weighted by Crippen LogP contribution is 2.23. The van der Waals surface area contributed by atoms with Gasteiger partial charge in [0.25, 0.3) is 5.69 Å². The number of nitro groups is 1. The number of nitrogens with zero attached hydrogens (tertiary/aromatic N) is 2. The molecule has 0 amide bonds. The lowest BCUT2D eigenvalue weighted by molar-refractivity contribution is -0.385. The van der Waals surface area contributed by atoms with Crippen LogP contribution in [0.5, 0.6) is 0 Å². The van der Waals surface area contributed by atoms with E-state index in [-0.39, 0.29) is 21.4 Å². The molecule has 9 heteroatoms. The SMILES string of the molecule is NNC(=S)N/N=C\c1c(Cl)cccc1[N+](=O)[O-]. The van der Waals surface area contributed by atoms with Crippen LogP contribution in [0.4, 0.5) is 5.69 Å². The predicted octanol–water partition coefficient (Wildman–Crippen LogP) is 0.920. The summed E-state index contributed by atoms with van der Waals surface area (Å²) in [5.74, 6) is 5.00. The highest BCUT2D eigenvalue weighted by molar-refractivity contribution is 7.80. The Bertz CT molecular complexity index is 479. The van der Waals surface area contributed by atoms with E-state index in [1.165, 1.54) is 24.4 Å². The van der Waals surface area contributed by atoms with Crippen LogP contribution >= 0.6 is 23.8 Å². The van der Waals surface area contributed by atoms with Crippen LogP contribution in [0.25, 0.3) is 0 Å². The second-order valence-corrected chi connectivity index (χ2v) is 3.59. The van der Waals surface area contributed by atoms with Crippen molar-refractivity contribution in [3.05, 3.63) is 38.9 Å². The minimum atomic E-state index is -0.549. The van der Waals surface area contributed by atoms with Gasteiger partial charge in [-0.3, -0.25) is 21.0 Å². The van der Waals surface area contributed by atoms with Gasteiger partial charge in [0.05, 0.1) is 21.7 Å². The maximum Gasteiger partial charge on any atom is 0.279 e. The zero-order valence-corrected chi connectivity index (χ0v) is 9.96. The van der Waals surface area contributed by atoms with Gasteiger partial charge in [-0.15, -0.1) is 0 Å². The lowest BCUT2D eigenvalue weighted by Crippen LogP contribution is -2.37. The normalized spacial score (nSPS) is 10.2. The molecule has 0 spiro atoms. The number of thiocarbonyl (C=S) groups is 1. The fraction of sp³-hybridized carbons (Fsp3) is 0. The monoisotopic (exact) mass is 273 g/mol. The Morgan fingerprint density at radius 3 is 2.94 bits per heavy atom. The van der Waals surface area contributed by atoms with E-state index in [1.54, 1.807) is 0 Å². The zero-order chi connectivity index (χ0) is 12.8. The number of hydrogen-bond acceptors (Lipinski definition) is 5. The minimum Gasteiger partial charge on any atom is -0.300 e. The summed E-state index contributed by atoms with van der Waals surface area (Å²) in [5, 5.41) is 14.7. The van der Waals surface area contributed by atoms with Gasteiger partial charge in [-0.1, -0.05) is 17.7 Å². The number of halogens is 1. The summed E-state index contributed by atoms with van der Waals surface area (Å²) in [4.78, 5) is 10.2. The van der Waals surface area contributed by atoms with E-state index in [1.807, 2.05) is 0 Å². The first-order valence-electron chi connectivity index (χ1n) is 4.29. The average Bonchev–Trinajstić information content (AvgIpc) is 2.30. The van der Waals surface area contributed by atoms with Crippen LogP contribution in [-0.4, -0.2) is 16.3 Å². The molecule has 0 atom stereocenters. The average molecular weight is 274 g/mol. The Morgan fingerprint density at radius 2 is 2.35 bits per heavy atom. The molecular weight excluding hydrogens is 266 g/mol. The van der Waals surface area contributed by atoms with Crippen LogP contribution < -0.4 is 16.7 Å². The molecule has 0 radical (unpaired) electrons. The quantitative estimate of drug-likeness (QED) is 0.249. The van der Waals surface area contributed by atoms with E-state index < -0.39 is 4.92 Å². The van der Waals surface area contributed by atoms with Crippen molar-refractivity contribution in [1.29, 1.82) is 0 Å². The molecule has 4 N–H and O–H groups in total. The summed E-state index contributed by atoms with van der Waals surface area (Å²) >= 11 is 10.5. The largest absolute Gasteiger partial charge is 0.300 e. The van der Waals surface area contributed by atoms with Crippen LogP contribution in [0.3, 0.4) is 0 Å². The van der Waals surface area contributed by atoms with Gasteiger partial charge in [-0.05, 0) is 18.3 Å². The number of benzene rings is 1. The van der Waals surface area contributed by atoms with Gasteiger partial charge in [0.15, 0.2) is 0 Å². The highest BCUT2D eigenvalue weighted by atomic mass is 35.5. The van der Waals surface area contributed by atoms with Gasteiger partial charge in [0, 0.05) is 6.07 Å². The fourth-order valence-electron chi connectivity index (χ4n) is 1.00. The number of nitro benzene ring substituents is 1. The molecule has 0 bridgehead atoms. The van der Waals surface area contributed by atoms with E-state index in [4.69, 9.17) is 17.4 Å². The van der Waals surface area contributed by atoms with Gasteiger partial charge in [-0.25, -0.2) is 5.84 Å². The number of hydrogen-bond donors (Lipinski definition) is 3. The van der Waals surface area contributed by atoms with Crippen molar-refractivity contribution in [2.24, 2.45) is 10.9 Å². The third-order valence-corrected chi connectivity index (χ3v) is 2.26. The Morgan fingerprint density at radius 1 is 1.65 bits per heavy atom. The summed E-state index contributed by atoms with van der Waals surface area (Å²) < 4.78 is 0. The number of hydrazine groups is 1. The van der Waals surface area contributed by atoms with Crippen molar-refractivity contribution in [1.82, 2.24) is 10.9 Å². The van der Waals surface area contributed by atoms with Crippen molar-refractivity contribution in [3.8, 4) is 0 Å². The van der Waals surface area contributed by atoms with Gasteiger partial charge in [0.2, 0.25) is 5.11 Å². The van der Waals surface area contributed by atoms with Crippen molar-refractivity contribution < 1.29 is 4.92 Å². The molecule has 0 aliphatic rings. The Kier molecular flexibility index (Phi) is 4.76. The van der Waals surface area contributed by atoms with Crippen LogP contribution in [0, 0.1) is 10.1 Å². The number of nitrogens with one attached hydrogen (secondary N) is 2. The van der Waals surface area contributed by atoms with Crippen LogP contribution in [0.15, 0.2) is 23.3 Å².